The van der Waals surface area contributed by atoms with E-state index in [4.69, 9.17) is 0 Å². The van der Waals surface area contributed by atoms with E-state index in [9.17, 15) is 5.21 Å². The molecule has 2 nitrogen and oxygen atoms in total. The van der Waals surface area contributed by atoms with Crippen molar-refractivity contribution < 1.29 is 4.73 Å². The maximum Gasteiger partial charge on any atom is 0.183 e. The molecule has 0 atom stereocenters. The Bertz CT molecular complexity index is 357. The number of rotatable bonds is 13. The van der Waals surface area contributed by atoms with E-state index >= 15 is 0 Å². The van der Waals surface area contributed by atoms with Gasteiger partial charge in [0.15, 0.2) is 12.4 Å². The Balaban J connectivity index is 1.82. The zero-order valence-corrected chi connectivity index (χ0v) is 14.8. The normalized spacial score (nSPS) is 10.9. The van der Waals surface area contributed by atoms with Gasteiger partial charge in [0.05, 0.1) is 0 Å². The van der Waals surface area contributed by atoms with Gasteiger partial charge >= 0.3 is 0 Å². The summed E-state index contributed by atoms with van der Waals surface area (Å²) in [5.74, 6) is 0. The first-order valence-corrected chi connectivity index (χ1v) is 9.69. The van der Waals surface area contributed by atoms with Gasteiger partial charge in [0, 0.05) is 17.0 Å². The Hall–Kier alpha value is -0.570. The van der Waals surface area contributed by atoms with Crippen LogP contribution in [0.15, 0.2) is 24.5 Å². The third-order valence-electron chi connectivity index (χ3n) is 3.94. The minimum absolute atomic E-state index is 0.896. The van der Waals surface area contributed by atoms with Gasteiger partial charge in [0.25, 0.3) is 0 Å². The van der Waals surface area contributed by atoms with E-state index < -0.39 is 0 Å². The second-order valence-corrected chi connectivity index (χ2v) is 6.69. The number of nitrogens with zero attached hydrogens (tertiary/aromatic N) is 1. The molecule has 0 amide bonds. The van der Waals surface area contributed by atoms with E-state index in [0.29, 0.717) is 0 Å². The number of aryl methyl sites for hydroxylation is 1. The van der Waals surface area contributed by atoms with Gasteiger partial charge in [-0.2, -0.15) is 4.73 Å². The van der Waals surface area contributed by atoms with E-state index in [-0.39, 0.29) is 0 Å². The van der Waals surface area contributed by atoms with Crippen LogP contribution in [-0.4, -0.2) is 5.33 Å². The van der Waals surface area contributed by atoms with Crippen LogP contribution in [0.4, 0.5) is 0 Å². The molecule has 1 aromatic rings. The van der Waals surface area contributed by atoms with Crippen LogP contribution in [0.1, 0.15) is 76.2 Å². The topological polar surface area (TPSA) is 26.9 Å². The van der Waals surface area contributed by atoms with Crippen LogP contribution < -0.4 is 4.73 Å². The lowest BCUT2D eigenvalue weighted by Crippen LogP contribution is -2.24. The Labute approximate surface area is 138 Å². The van der Waals surface area contributed by atoms with E-state index in [1.54, 1.807) is 12.4 Å². The largest absolute Gasteiger partial charge is 0.619 e. The number of pyridine rings is 1. The van der Waals surface area contributed by atoms with Crippen molar-refractivity contribution in [3.05, 3.63) is 35.3 Å². The number of halogens is 1. The molecule has 0 fully saturated rings. The second-order valence-electron chi connectivity index (χ2n) is 5.90. The quantitative estimate of drug-likeness (QED) is 0.197. The minimum Gasteiger partial charge on any atom is -0.619 e. The lowest BCUT2D eigenvalue weighted by atomic mass is 10.0. The molecule has 1 rings (SSSR count). The standard InChI is InChI=1S/C18H30BrNO/c19-15-11-9-7-5-3-1-2-4-6-8-10-13-18-14-12-16-20(21)17-18/h12,14,16-17H,1-11,13,15H2. The smallest absolute Gasteiger partial charge is 0.183 e. The summed E-state index contributed by atoms with van der Waals surface area (Å²) >= 11 is 3.48. The van der Waals surface area contributed by atoms with Crippen LogP contribution >= 0.6 is 15.9 Å². The van der Waals surface area contributed by atoms with E-state index in [2.05, 4.69) is 15.9 Å². The van der Waals surface area contributed by atoms with Crippen molar-refractivity contribution in [2.75, 3.05) is 5.33 Å². The van der Waals surface area contributed by atoms with Crippen LogP contribution in [0.25, 0.3) is 0 Å². The predicted octanol–water partition coefficient (Wildman–Crippen LogP) is 5.55. The third kappa shape index (κ3) is 10.8. The average molecular weight is 356 g/mol. The molecular weight excluding hydrogens is 326 g/mol. The maximum atomic E-state index is 11.1. The molecule has 21 heavy (non-hydrogen) atoms. The summed E-state index contributed by atoms with van der Waals surface area (Å²) in [4.78, 5) is 0. The fourth-order valence-corrected chi connectivity index (χ4v) is 3.06. The molecular formula is C18H30BrNO. The molecule has 1 aromatic heterocycles. The zero-order chi connectivity index (χ0) is 15.2. The van der Waals surface area contributed by atoms with Gasteiger partial charge in [-0.1, -0.05) is 73.7 Å². The molecule has 0 aliphatic carbocycles. The highest BCUT2D eigenvalue weighted by molar-refractivity contribution is 9.09. The Morgan fingerprint density at radius 2 is 1.33 bits per heavy atom. The number of hydrogen-bond donors (Lipinski definition) is 0. The van der Waals surface area contributed by atoms with Gasteiger partial charge in [-0.15, -0.1) is 0 Å². The molecule has 0 radical (unpaired) electrons. The summed E-state index contributed by atoms with van der Waals surface area (Å²) in [6.07, 6.45) is 19.2. The van der Waals surface area contributed by atoms with Crippen molar-refractivity contribution in [1.82, 2.24) is 0 Å². The molecule has 0 spiro atoms. The average Bonchev–Trinajstić information content (AvgIpc) is 2.48. The second kappa shape index (κ2) is 13.1. The minimum atomic E-state index is 0.896. The summed E-state index contributed by atoms with van der Waals surface area (Å²) in [5.41, 5.74) is 1.16. The maximum absolute atomic E-state index is 11.1. The van der Waals surface area contributed by atoms with E-state index in [1.807, 2.05) is 12.1 Å². The van der Waals surface area contributed by atoms with Crippen molar-refractivity contribution >= 4 is 15.9 Å². The number of unbranched alkanes of at least 4 members (excludes halogenated alkanes) is 10. The van der Waals surface area contributed by atoms with Gasteiger partial charge in [0.1, 0.15) is 0 Å². The van der Waals surface area contributed by atoms with Gasteiger partial charge in [-0.25, -0.2) is 0 Å². The van der Waals surface area contributed by atoms with Crippen LogP contribution in [0.5, 0.6) is 0 Å². The summed E-state index contributed by atoms with van der Waals surface area (Å²) < 4.78 is 0.896. The van der Waals surface area contributed by atoms with Crippen molar-refractivity contribution in [2.24, 2.45) is 0 Å². The molecule has 0 unspecified atom stereocenters. The molecule has 0 N–H and O–H groups in total. The summed E-state index contributed by atoms with van der Waals surface area (Å²) in [6.45, 7) is 0. The summed E-state index contributed by atoms with van der Waals surface area (Å²) in [7, 11) is 0. The highest BCUT2D eigenvalue weighted by Crippen LogP contribution is 2.12. The molecule has 0 aliphatic rings. The molecule has 3 heteroatoms. The Morgan fingerprint density at radius 3 is 1.86 bits per heavy atom. The number of aromatic nitrogens is 1. The highest BCUT2D eigenvalue weighted by Gasteiger charge is 1.98. The van der Waals surface area contributed by atoms with Crippen molar-refractivity contribution in [3.63, 3.8) is 0 Å². The first-order chi connectivity index (χ1) is 10.3. The molecule has 0 aliphatic heterocycles. The van der Waals surface area contributed by atoms with Gasteiger partial charge < -0.3 is 5.21 Å². The Kier molecular flexibility index (Phi) is 11.5. The lowest BCUT2D eigenvalue weighted by Gasteiger charge is -2.03. The SMILES string of the molecule is [O-][n+]1cccc(CCCCCCCCCCCCCBr)c1. The van der Waals surface area contributed by atoms with E-state index in [0.717, 1.165) is 22.0 Å². The van der Waals surface area contributed by atoms with Crippen LogP contribution in [0, 0.1) is 5.21 Å². The summed E-state index contributed by atoms with van der Waals surface area (Å²) in [5, 5.41) is 12.3. The number of alkyl halides is 1. The Morgan fingerprint density at radius 1 is 0.810 bits per heavy atom. The fourth-order valence-electron chi connectivity index (χ4n) is 2.66. The molecule has 0 aromatic carbocycles. The predicted molar refractivity (Wildman–Crippen MR) is 93.7 cm³/mol. The fraction of sp³-hybridized carbons (Fsp3) is 0.722. The van der Waals surface area contributed by atoms with Crippen molar-refractivity contribution in [2.45, 2.75) is 77.0 Å². The molecule has 120 valence electrons. The molecule has 0 bridgehead atoms. The first-order valence-electron chi connectivity index (χ1n) is 8.56. The van der Waals surface area contributed by atoms with Gasteiger partial charge in [-0.3, -0.25) is 0 Å². The van der Waals surface area contributed by atoms with Gasteiger partial charge in [-0.05, 0) is 25.3 Å². The number of hydrogen-bond acceptors (Lipinski definition) is 1. The first kappa shape index (κ1) is 18.5. The molecule has 1 heterocycles. The van der Waals surface area contributed by atoms with Gasteiger partial charge in [0.2, 0.25) is 0 Å². The zero-order valence-electron chi connectivity index (χ0n) is 13.2. The molecule has 0 saturated heterocycles. The summed E-state index contributed by atoms with van der Waals surface area (Å²) in [6, 6.07) is 3.88. The van der Waals surface area contributed by atoms with Crippen LogP contribution in [0.3, 0.4) is 0 Å². The van der Waals surface area contributed by atoms with Crippen molar-refractivity contribution in [3.8, 4) is 0 Å². The van der Waals surface area contributed by atoms with Crippen LogP contribution in [0.2, 0.25) is 0 Å². The lowest BCUT2D eigenvalue weighted by molar-refractivity contribution is -0.605. The van der Waals surface area contributed by atoms with Crippen molar-refractivity contribution in [1.29, 1.82) is 0 Å². The highest BCUT2D eigenvalue weighted by atomic mass is 79.9. The van der Waals surface area contributed by atoms with Crippen LogP contribution in [-0.2, 0) is 6.42 Å². The molecule has 0 saturated carbocycles. The third-order valence-corrected chi connectivity index (χ3v) is 4.50. The van der Waals surface area contributed by atoms with E-state index in [1.165, 1.54) is 70.6 Å². The monoisotopic (exact) mass is 355 g/mol.